The number of aliphatic hydroxyl groups is 2. The molecule has 53 heavy (non-hydrogen) atoms. The Morgan fingerprint density at radius 1 is 0.585 bits per heavy atom. The van der Waals surface area contributed by atoms with Gasteiger partial charge in [0.25, 0.3) is 0 Å². The van der Waals surface area contributed by atoms with Crippen LogP contribution in [0.15, 0.2) is 48.6 Å². The molecule has 3 N–H and O–H groups in total. The van der Waals surface area contributed by atoms with Crippen molar-refractivity contribution in [3.8, 4) is 0 Å². The zero-order valence-electron chi connectivity index (χ0n) is 33.2. The van der Waals surface area contributed by atoms with Crippen LogP contribution in [0.25, 0.3) is 0 Å². The molecule has 0 rings (SSSR count). The van der Waals surface area contributed by atoms with Crippen LogP contribution < -0.4 is 0 Å². The van der Waals surface area contributed by atoms with Gasteiger partial charge in [0.05, 0.1) is 19.8 Å². The molecule has 3 atom stereocenters. The van der Waals surface area contributed by atoms with Crippen molar-refractivity contribution in [2.45, 2.75) is 180 Å². The topological polar surface area (TPSA) is 149 Å². The van der Waals surface area contributed by atoms with Gasteiger partial charge in [-0.25, -0.2) is 4.57 Å². The van der Waals surface area contributed by atoms with Crippen molar-refractivity contribution in [3.05, 3.63) is 48.6 Å². The molecular weight excluding hydrogens is 695 g/mol. The fourth-order valence-electron chi connectivity index (χ4n) is 5.30. The summed E-state index contributed by atoms with van der Waals surface area (Å²) in [5.74, 6) is -0.952. The molecule has 0 aromatic rings. The maximum Gasteiger partial charge on any atom is 0.472 e. The minimum atomic E-state index is -4.62. The van der Waals surface area contributed by atoms with Gasteiger partial charge in [-0.05, 0) is 70.6 Å². The maximum atomic E-state index is 12.6. The minimum absolute atomic E-state index is 0.163. The summed E-state index contributed by atoms with van der Waals surface area (Å²) in [7, 11) is -4.62. The van der Waals surface area contributed by atoms with Crippen LogP contribution in [0.1, 0.15) is 168 Å². The number of phosphoric acid groups is 1. The molecule has 308 valence electrons. The average molecular weight is 771 g/mol. The molecule has 0 spiro atoms. The van der Waals surface area contributed by atoms with Crippen molar-refractivity contribution in [1.29, 1.82) is 0 Å². The second-order valence-corrected chi connectivity index (χ2v) is 15.1. The van der Waals surface area contributed by atoms with Crippen LogP contribution in [0.4, 0.5) is 0 Å². The van der Waals surface area contributed by atoms with E-state index in [-0.39, 0.29) is 19.4 Å². The molecule has 1 unspecified atom stereocenters. The first kappa shape index (κ1) is 50.9. The summed E-state index contributed by atoms with van der Waals surface area (Å²) in [6, 6.07) is 0. The molecule has 0 aromatic carbocycles. The first-order chi connectivity index (χ1) is 25.7. The van der Waals surface area contributed by atoms with Gasteiger partial charge in [0.15, 0.2) is 6.10 Å². The molecule has 0 amide bonds. The Morgan fingerprint density at radius 2 is 1.04 bits per heavy atom. The highest BCUT2D eigenvalue weighted by molar-refractivity contribution is 7.47. The lowest BCUT2D eigenvalue weighted by Crippen LogP contribution is -2.29. The number of rotatable bonds is 38. The van der Waals surface area contributed by atoms with Crippen LogP contribution in [-0.2, 0) is 32.7 Å². The van der Waals surface area contributed by atoms with Crippen LogP contribution in [0.5, 0.6) is 0 Å². The van der Waals surface area contributed by atoms with Gasteiger partial charge in [0.1, 0.15) is 12.7 Å². The highest BCUT2D eigenvalue weighted by Crippen LogP contribution is 2.43. The zero-order chi connectivity index (χ0) is 39.1. The van der Waals surface area contributed by atoms with E-state index in [1.807, 2.05) is 0 Å². The van der Waals surface area contributed by atoms with Crippen molar-refractivity contribution in [2.75, 3.05) is 26.4 Å². The third-order valence-electron chi connectivity index (χ3n) is 8.47. The Hall–Kier alpha value is -2.07. The van der Waals surface area contributed by atoms with E-state index < -0.39 is 51.8 Å². The van der Waals surface area contributed by atoms with Gasteiger partial charge >= 0.3 is 19.8 Å². The number of hydrogen-bond donors (Lipinski definition) is 3. The summed E-state index contributed by atoms with van der Waals surface area (Å²) in [5.41, 5.74) is 0. The molecule has 0 heterocycles. The van der Waals surface area contributed by atoms with E-state index in [0.717, 1.165) is 77.0 Å². The number of carbonyl (C=O) groups is 2. The fourth-order valence-corrected chi connectivity index (χ4v) is 6.08. The Balaban J connectivity index is 4.36. The number of carbonyl (C=O) groups excluding carboxylic acids is 2. The van der Waals surface area contributed by atoms with E-state index in [2.05, 4.69) is 67.0 Å². The van der Waals surface area contributed by atoms with Crippen LogP contribution >= 0.6 is 7.82 Å². The lowest BCUT2D eigenvalue weighted by molar-refractivity contribution is -0.161. The molecule has 0 fully saturated rings. The summed E-state index contributed by atoms with van der Waals surface area (Å²) in [5, 5.41) is 18.3. The van der Waals surface area contributed by atoms with E-state index in [4.69, 9.17) is 19.1 Å². The number of aliphatic hydroxyl groups excluding tert-OH is 2. The van der Waals surface area contributed by atoms with E-state index in [1.165, 1.54) is 51.4 Å². The van der Waals surface area contributed by atoms with Gasteiger partial charge in [-0.1, -0.05) is 133 Å². The SMILES string of the molecule is CCC=CCC=CCC=CCCCCCCCC(=O)O[C@H](COC(=O)CCCCCCCCCC=CCCCCCC)COP(=O)(O)OC[C@@H](O)CO. The summed E-state index contributed by atoms with van der Waals surface area (Å²) < 4.78 is 32.6. The van der Waals surface area contributed by atoms with Crippen LogP contribution in [0.2, 0.25) is 0 Å². The molecule has 0 bridgehead atoms. The van der Waals surface area contributed by atoms with Gasteiger partial charge in [0, 0.05) is 12.8 Å². The lowest BCUT2D eigenvalue weighted by atomic mass is 10.1. The number of esters is 2. The number of ether oxygens (including phenoxy) is 2. The smallest absolute Gasteiger partial charge is 0.462 e. The molecule has 0 aliphatic rings. The Bertz CT molecular complexity index is 1030. The predicted molar refractivity (Wildman–Crippen MR) is 214 cm³/mol. The molecular formula is C42H75O10P. The molecule has 0 saturated carbocycles. The standard InChI is InChI=1S/C42H75O10P/c1-3-5-7-9-11-13-15-17-19-21-23-25-27-29-31-33-41(45)49-37-40(38-51-53(47,48)50-36-39(44)35-43)52-42(46)34-32-30-28-26-24-22-20-18-16-14-12-10-8-6-4-2/h6,8,12-15,18,20,39-40,43-44H,3-5,7,9-11,16-17,19,21-38H2,1-2H3,(H,47,48)/t39-,40+/m0/s1. The third kappa shape index (κ3) is 38.0. The summed E-state index contributed by atoms with van der Waals surface area (Å²) in [6.07, 6.45) is 39.3. The first-order valence-corrected chi connectivity index (χ1v) is 22.1. The largest absolute Gasteiger partial charge is 0.472 e. The minimum Gasteiger partial charge on any atom is -0.462 e. The molecule has 0 radical (unpaired) electrons. The van der Waals surface area contributed by atoms with E-state index in [9.17, 15) is 24.2 Å². The first-order valence-electron chi connectivity index (χ1n) is 20.6. The quantitative estimate of drug-likeness (QED) is 0.0240. The molecule has 10 nitrogen and oxygen atoms in total. The van der Waals surface area contributed by atoms with Crippen molar-refractivity contribution in [2.24, 2.45) is 0 Å². The summed E-state index contributed by atoms with van der Waals surface area (Å²) in [6.45, 7) is 2.22. The van der Waals surface area contributed by atoms with Gasteiger partial charge in [-0.15, -0.1) is 0 Å². The molecule has 0 aromatic heterocycles. The maximum absolute atomic E-state index is 12.6. The predicted octanol–water partition coefficient (Wildman–Crippen LogP) is 10.6. The molecule has 0 aliphatic heterocycles. The highest BCUT2D eigenvalue weighted by Gasteiger charge is 2.27. The number of phosphoric ester groups is 1. The Kier molecular flexibility index (Phi) is 36.7. The fraction of sp³-hybridized carbons (Fsp3) is 0.762. The van der Waals surface area contributed by atoms with E-state index >= 15 is 0 Å². The average Bonchev–Trinajstić information content (AvgIpc) is 3.14. The summed E-state index contributed by atoms with van der Waals surface area (Å²) >= 11 is 0. The molecule has 0 aliphatic carbocycles. The Morgan fingerprint density at radius 3 is 1.58 bits per heavy atom. The Labute approximate surface area is 322 Å². The molecule has 0 saturated heterocycles. The monoisotopic (exact) mass is 771 g/mol. The van der Waals surface area contributed by atoms with Crippen LogP contribution in [0, 0.1) is 0 Å². The number of allylic oxidation sites excluding steroid dienone is 8. The number of unbranched alkanes of at least 4 members (excludes halogenated alkanes) is 16. The van der Waals surface area contributed by atoms with Crippen molar-refractivity contribution in [3.63, 3.8) is 0 Å². The van der Waals surface area contributed by atoms with Gasteiger partial charge < -0.3 is 24.6 Å². The molecule has 11 heteroatoms. The van der Waals surface area contributed by atoms with Crippen molar-refractivity contribution >= 4 is 19.8 Å². The van der Waals surface area contributed by atoms with Crippen LogP contribution in [-0.4, -0.2) is 65.7 Å². The van der Waals surface area contributed by atoms with Crippen molar-refractivity contribution < 1.29 is 47.8 Å². The number of hydrogen-bond acceptors (Lipinski definition) is 9. The van der Waals surface area contributed by atoms with Crippen LogP contribution in [0.3, 0.4) is 0 Å². The lowest BCUT2D eigenvalue weighted by Gasteiger charge is -2.20. The van der Waals surface area contributed by atoms with Gasteiger partial charge in [-0.2, -0.15) is 0 Å². The van der Waals surface area contributed by atoms with Gasteiger partial charge in [0.2, 0.25) is 0 Å². The highest BCUT2D eigenvalue weighted by atomic mass is 31.2. The van der Waals surface area contributed by atoms with Crippen molar-refractivity contribution in [1.82, 2.24) is 0 Å². The second kappa shape index (κ2) is 38.2. The zero-order valence-corrected chi connectivity index (χ0v) is 34.1. The summed E-state index contributed by atoms with van der Waals surface area (Å²) in [4.78, 5) is 34.9. The third-order valence-corrected chi connectivity index (χ3v) is 9.42. The van der Waals surface area contributed by atoms with E-state index in [1.54, 1.807) is 0 Å². The second-order valence-electron chi connectivity index (χ2n) is 13.6. The van der Waals surface area contributed by atoms with E-state index in [0.29, 0.717) is 12.8 Å². The normalized spacial score (nSPS) is 14.4. The van der Waals surface area contributed by atoms with Gasteiger partial charge in [-0.3, -0.25) is 18.6 Å².